The average Bonchev–Trinajstić information content (AvgIpc) is 3.11. The Balaban J connectivity index is 1.74. The van der Waals surface area contributed by atoms with Crippen LogP contribution in [0.5, 0.6) is 11.5 Å². The fourth-order valence-electron chi connectivity index (χ4n) is 3.82. The molecule has 174 valence electrons. The summed E-state index contributed by atoms with van der Waals surface area (Å²) < 4.78 is 12.7. The maximum absolute atomic E-state index is 13.5. The van der Waals surface area contributed by atoms with Crippen molar-refractivity contribution in [2.75, 3.05) is 7.11 Å². The van der Waals surface area contributed by atoms with Crippen LogP contribution in [0.4, 0.5) is 0 Å². The zero-order chi connectivity index (χ0) is 24.4. The second-order valence-electron chi connectivity index (χ2n) is 7.84. The molecule has 34 heavy (non-hydrogen) atoms. The van der Waals surface area contributed by atoms with Crippen LogP contribution in [0.2, 0.25) is 5.02 Å². The lowest BCUT2D eigenvalue weighted by Crippen LogP contribution is -2.23. The number of benzene rings is 2. The van der Waals surface area contributed by atoms with Gasteiger partial charge in [0.05, 0.1) is 17.7 Å². The number of nitrogens with zero attached hydrogens (tertiary/aromatic N) is 2. The van der Waals surface area contributed by atoms with Gasteiger partial charge in [0.2, 0.25) is 0 Å². The van der Waals surface area contributed by atoms with E-state index in [1.54, 1.807) is 55.8 Å². The van der Waals surface area contributed by atoms with Gasteiger partial charge in [-0.1, -0.05) is 17.7 Å². The molecule has 0 aliphatic carbocycles. The van der Waals surface area contributed by atoms with Crippen molar-refractivity contribution in [3.8, 4) is 11.5 Å². The van der Waals surface area contributed by atoms with E-state index in [0.717, 1.165) is 16.6 Å². The van der Waals surface area contributed by atoms with E-state index >= 15 is 0 Å². The quantitative estimate of drug-likeness (QED) is 0.353. The minimum Gasteiger partial charge on any atom is -0.497 e. The Kier molecular flexibility index (Phi) is 6.56. The molecule has 2 heterocycles. The number of rotatable bonds is 8. The molecule has 1 atom stereocenters. The van der Waals surface area contributed by atoms with E-state index < -0.39 is 12.1 Å². The molecule has 0 saturated carbocycles. The molecule has 4 rings (SSSR count). The molecule has 0 saturated heterocycles. The highest BCUT2D eigenvalue weighted by atomic mass is 35.5. The smallest absolute Gasteiger partial charge is 0.344 e. The van der Waals surface area contributed by atoms with E-state index in [1.807, 2.05) is 23.6 Å². The third kappa shape index (κ3) is 4.47. The Morgan fingerprint density at radius 1 is 1.15 bits per heavy atom. The number of methoxy groups -OCH3 is 1. The third-order valence-corrected chi connectivity index (χ3v) is 5.96. The van der Waals surface area contributed by atoms with Crippen LogP contribution < -0.4 is 9.47 Å². The van der Waals surface area contributed by atoms with E-state index in [1.165, 1.54) is 6.92 Å². The molecule has 2 aromatic carbocycles. The van der Waals surface area contributed by atoms with Crippen LogP contribution in [0.15, 0.2) is 60.8 Å². The highest BCUT2D eigenvalue weighted by molar-refractivity contribution is 6.32. The van der Waals surface area contributed by atoms with Crippen molar-refractivity contribution in [3.05, 3.63) is 88.2 Å². The van der Waals surface area contributed by atoms with Crippen molar-refractivity contribution in [2.24, 2.45) is 0 Å². The third-order valence-electron chi connectivity index (χ3n) is 5.65. The number of halogens is 1. The lowest BCUT2D eigenvalue weighted by Gasteiger charge is -2.14. The molecular formula is C26H23ClN2O5. The number of ketones is 1. The molecular weight excluding hydrogens is 456 g/mol. The van der Waals surface area contributed by atoms with Gasteiger partial charge in [0.15, 0.2) is 11.9 Å². The van der Waals surface area contributed by atoms with Crippen LogP contribution in [-0.4, -0.2) is 39.6 Å². The number of carbonyl (C=O) groups excluding carboxylic acids is 1. The van der Waals surface area contributed by atoms with Gasteiger partial charge in [-0.05, 0) is 67.9 Å². The summed E-state index contributed by atoms with van der Waals surface area (Å²) in [6.07, 6.45) is 0.641. The van der Waals surface area contributed by atoms with Crippen molar-refractivity contribution in [1.82, 2.24) is 9.55 Å². The number of hydrogen-bond donors (Lipinski definition) is 1. The van der Waals surface area contributed by atoms with Gasteiger partial charge < -0.3 is 19.1 Å². The summed E-state index contributed by atoms with van der Waals surface area (Å²) in [5, 5.41) is 10.2. The van der Waals surface area contributed by atoms with Crippen LogP contribution in [0.25, 0.3) is 11.0 Å². The summed E-state index contributed by atoms with van der Waals surface area (Å²) in [6.45, 7) is 3.72. The van der Waals surface area contributed by atoms with Crippen molar-refractivity contribution in [1.29, 1.82) is 0 Å². The summed E-state index contributed by atoms with van der Waals surface area (Å²) in [5.74, 6) is -0.229. The first-order valence-electron chi connectivity index (χ1n) is 10.6. The summed E-state index contributed by atoms with van der Waals surface area (Å²) in [4.78, 5) is 29.2. The monoisotopic (exact) mass is 478 g/mol. The lowest BCUT2D eigenvalue weighted by atomic mass is 10.0. The highest BCUT2D eigenvalue weighted by Gasteiger charge is 2.22. The second kappa shape index (κ2) is 9.57. The fourth-order valence-corrected chi connectivity index (χ4v) is 3.98. The van der Waals surface area contributed by atoms with Gasteiger partial charge in [0.25, 0.3) is 0 Å². The number of aliphatic carboxylic acids is 1. The number of fused-ring (bicyclic) bond motifs is 1. The molecule has 7 nitrogen and oxygen atoms in total. The molecule has 1 N–H and O–H groups in total. The van der Waals surface area contributed by atoms with Crippen LogP contribution in [-0.2, 0) is 11.3 Å². The number of carboxylic acids is 1. The van der Waals surface area contributed by atoms with Gasteiger partial charge >= 0.3 is 5.97 Å². The van der Waals surface area contributed by atoms with E-state index in [0.29, 0.717) is 34.1 Å². The summed E-state index contributed by atoms with van der Waals surface area (Å²) in [7, 11) is 1.58. The molecule has 0 aliphatic heterocycles. The standard InChI is InChI=1S/C26H23ClN2O5/c1-15-23(24(30)18-7-9-19(33-3)10-8-18)20-5-4-12-28-25(20)29(15)14-17-6-11-21(27)22(13-17)34-16(2)26(31)32/h4-13,16H,14H2,1-3H3,(H,31,32). The normalized spacial score (nSPS) is 11.9. The molecule has 0 radical (unpaired) electrons. The van der Waals surface area contributed by atoms with Gasteiger partial charge in [-0.15, -0.1) is 0 Å². The lowest BCUT2D eigenvalue weighted by molar-refractivity contribution is -0.144. The van der Waals surface area contributed by atoms with Crippen molar-refractivity contribution >= 4 is 34.4 Å². The number of aromatic nitrogens is 2. The first kappa shape index (κ1) is 23.3. The molecule has 2 aromatic heterocycles. The first-order valence-corrected chi connectivity index (χ1v) is 11.0. The molecule has 4 aromatic rings. The first-order chi connectivity index (χ1) is 16.3. The molecule has 0 amide bonds. The number of pyridine rings is 1. The molecule has 0 aliphatic rings. The number of carbonyl (C=O) groups is 2. The average molecular weight is 479 g/mol. The van der Waals surface area contributed by atoms with Gasteiger partial charge in [-0.3, -0.25) is 4.79 Å². The molecule has 0 bridgehead atoms. The van der Waals surface area contributed by atoms with Gasteiger partial charge in [0, 0.05) is 29.4 Å². The minimum atomic E-state index is -1.08. The van der Waals surface area contributed by atoms with Crippen LogP contribution in [0.1, 0.15) is 34.1 Å². The summed E-state index contributed by atoms with van der Waals surface area (Å²) >= 11 is 6.22. The van der Waals surface area contributed by atoms with Crippen molar-refractivity contribution < 1.29 is 24.2 Å². The molecule has 8 heteroatoms. The van der Waals surface area contributed by atoms with Crippen LogP contribution in [0.3, 0.4) is 0 Å². The Bertz CT molecular complexity index is 1380. The number of ether oxygens (including phenoxy) is 2. The largest absolute Gasteiger partial charge is 0.497 e. The Labute approximate surface area is 201 Å². The highest BCUT2D eigenvalue weighted by Crippen LogP contribution is 2.31. The molecule has 0 spiro atoms. The van der Waals surface area contributed by atoms with Gasteiger partial charge in [-0.2, -0.15) is 0 Å². The van der Waals surface area contributed by atoms with E-state index in [2.05, 4.69) is 4.98 Å². The summed E-state index contributed by atoms with van der Waals surface area (Å²) in [6, 6.07) is 15.9. The van der Waals surface area contributed by atoms with Crippen molar-refractivity contribution in [2.45, 2.75) is 26.5 Å². The predicted octanol–water partition coefficient (Wildman–Crippen LogP) is 5.14. The maximum atomic E-state index is 13.5. The van der Waals surface area contributed by atoms with Gasteiger partial charge in [-0.25, -0.2) is 9.78 Å². The van der Waals surface area contributed by atoms with Gasteiger partial charge in [0.1, 0.15) is 17.1 Å². The zero-order valence-corrected chi connectivity index (χ0v) is 19.7. The number of carboxylic acid groups (broad SMARTS) is 1. The molecule has 1 unspecified atom stereocenters. The predicted molar refractivity (Wildman–Crippen MR) is 129 cm³/mol. The summed E-state index contributed by atoms with van der Waals surface area (Å²) in [5.41, 5.74) is 3.40. The Morgan fingerprint density at radius 2 is 1.88 bits per heavy atom. The SMILES string of the molecule is COc1ccc(C(=O)c2c(C)n(Cc3ccc(Cl)c(OC(C)C(=O)O)c3)c3ncccc23)cc1. The fraction of sp³-hybridized carbons (Fsp3) is 0.192. The topological polar surface area (TPSA) is 90.7 Å². The minimum absolute atomic E-state index is 0.104. The molecule has 0 fully saturated rings. The Morgan fingerprint density at radius 3 is 2.56 bits per heavy atom. The number of hydrogen-bond acceptors (Lipinski definition) is 5. The van der Waals surface area contributed by atoms with Crippen LogP contribution in [0, 0.1) is 6.92 Å². The maximum Gasteiger partial charge on any atom is 0.344 e. The van der Waals surface area contributed by atoms with E-state index in [4.69, 9.17) is 26.2 Å². The van der Waals surface area contributed by atoms with Crippen molar-refractivity contribution in [3.63, 3.8) is 0 Å². The second-order valence-corrected chi connectivity index (χ2v) is 8.25. The zero-order valence-electron chi connectivity index (χ0n) is 18.9. The van der Waals surface area contributed by atoms with Crippen LogP contribution >= 0.6 is 11.6 Å². The van der Waals surface area contributed by atoms with E-state index in [9.17, 15) is 9.59 Å². The van der Waals surface area contributed by atoms with E-state index in [-0.39, 0.29) is 11.5 Å². The Hall–Kier alpha value is -3.84.